The monoisotopic (exact) mass is 254 g/mol. The van der Waals surface area contributed by atoms with Crippen LogP contribution in [-0.4, -0.2) is 39.8 Å². The molecule has 5 nitrogen and oxygen atoms in total. The largest absolute Gasteiger partial charge is 0.395 e. The van der Waals surface area contributed by atoms with Crippen molar-refractivity contribution in [3.05, 3.63) is 18.1 Å². The van der Waals surface area contributed by atoms with E-state index in [0.717, 1.165) is 25.2 Å². The summed E-state index contributed by atoms with van der Waals surface area (Å²) in [6.45, 7) is 3.64. The molecule has 0 saturated heterocycles. The van der Waals surface area contributed by atoms with Gasteiger partial charge in [0.1, 0.15) is 16.5 Å². The van der Waals surface area contributed by atoms with Crippen LogP contribution < -0.4 is 10.6 Å². The molecular weight excluding hydrogens is 236 g/mol. The highest BCUT2D eigenvalue weighted by Crippen LogP contribution is 2.09. The third kappa shape index (κ3) is 4.24. The number of nitrogens with two attached hydrogens (primary N) is 1. The van der Waals surface area contributed by atoms with Gasteiger partial charge in [0.2, 0.25) is 0 Å². The topological polar surface area (TPSA) is 75.3 Å². The number of nitrogens with zero attached hydrogens (tertiary/aromatic N) is 3. The quantitative estimate of drug-likeness (QED) is 0.698. The van der Waals surface area contributed by atoms with Gasteiger partial charge in [-0.2, -0.15) is 0 Å². The van der Waals surface area contributed by atoms with Gasteiger partial charge in [0, 0.05) is 13.1 Å². The molecule has 0 atom stereocenters. The van der Waals surface area contributed by atoms with Crippen LogP contribution in [0.4, 0.5) is 5.82 Å². The fraction of sp³-hybridized carbons (Fsp3) is 0.545. The summed E-state index contributed by atoms with van der Waals surface area (Å²) in [6, 6.07) is 0. The Hall–Kier alpha value is -1.27. The molecule has 0 unspecified atom stereocenters. The molecule has 0 aliphatic carbocycles. The predicted molar refractivity (Wildman–Crippen MR) is 72.1 cm³/mol. The number of aliphatic hydroxyl groups is 1. The van der Waals surface area contributed by atoms with Crippen LogP contribution in [0.1, 0.15) is 25.5 Å². The first-order chi connectivity index (χ1) is 8.19. The minimum Gasteiger partial charge on any atom is -0.395 e. The van der Waals surface area contributed by atoms with Crippen LogP contribution in [0.2, 0.25) is 0 Å². The lowest BCUT2D eigenvalue weighted by atomic mass is 10.3. The van der Waals surface area contributed by atoms with E-state index in [1.54, 1.807) is 12.4 Å². The minimum absolute atomic E-state index is 0.0996. The number of rotatable bonds is 7. The molecule has 3 N–H and O–H groups in total. The van der Waals surface area contributed by atoms with Crippen LogP contribution in [-0.2, 0) is 0 Å². The highest BCUT2D eigenvalue weighted by atomic mass is 32.1. The molecular formula is C11H18N4OS. The second kappa shape index (κ2) is 7.13. The fourth-order valence-corrected chi connectivity index (χ4v) is 1.53. The Morgan fingerprint density at radius 3 is 2.65 bits per heavy atom. The van der Waals surface area contributed by atoms with Crippen LogP contribution in [0.15, 0.2) is 12.4 Å². The predicted octanol–water partition coefficient (Wildman–Crippen LogP) is 0.710. The van der Waals surface area contributed by atoms with E-state index in [4.69, 9.17) is 23.1 Å². The molecule has 0 aliphatic heterocycles. The smallest absolute Gasteiger partial charge is 0.147 e. The zero-order valence-electron chi connectivity index (χ0n) is 9.96. The van der Waals surface area contributed by atoms with Crippen molar-refractivity contribution in [2.24, 2.45) is 5.73 Å². The number of thiocarbonyl (C=S) groups is 1. The highest BCUT2D eigenvalue weighted by Gasteiger charge is 2.08. The Balaban J connectivity index is 2.75. The Labute approximate surface area is 107 Å². The molecule has 1 rings (SSSR count). The van der Waals surface area contributed by atoms with E-state index in [0.29, 0.717) is 12.2 Å². The van der Waals surface area contributed by atoms with Crippen molar-refractivity contribution < 1.29 is 5.11 Å². The van der Waals surface area contributed by atoms with Gasteiger partial charge in [0.25, 0.3) is 0 Å². The molecule has 0 aliphatic rings. The Bertz CT molecular complexity index is 355. The molecule has 1 heterocycles. The first-order valence-corrected chi connectivity index (χ1v) is 6.07. The third-order valence-electron chi connectivity index (χ3n) is 2.37. The molecule has 0 bridgehead atoms. The standard InChI is InChI=1S/C11H18N4OS/c1-2-3-4-15(5-6-16)10-8-13-9(7-14-10)11(12)17/h7-8,16H,2-6H2,1H3,(H2,12,17). The molecule has 0 saturated carbocycles. The van der Waals surface area contributed by atoms with Crippen LogP contribution in [0, 0.1) is 0 Å². The van der Waals surface area contributed by atoms with E-state index < -0.39 is 0 Å². The van der Waals surface area contributed by atoms with Gasteiger partial charge in [-0.3, -0.25) is 0 Å². The maximum Gasteiger partial charge on any atom is 0.147 e. The summed E-state index contributed by atoms with van der Waals surface area (Å²) in [5.41, 5.74) is 5.97. The van der Waals surface area contributed by atoms with E-state index in [-0.39, 0.29) is 11.6 Å². The van der Waals surface area contributed by atoms with Crippen molar-refractivity contribution in [1.82, 2.24) is 9.97 Å². The lowest BCUT2D eigenvalue weighted by molar-refractivity contribution is 0.301. The summed E-state index contributed by atoms with van der Waals surface area (Å²) in [7, 11) is 0. The number of hydrogen-bond acceptors (Lipinski definition) is 5. The zero-order chi connectivity index (χ0) is 12.7. The summed E-state index contributed by atoms with van der Waals surface area (Å²) >= 11 is 4.81. The molecule has 0 fully saturated rings. The van der Waals surface area contributed by atoms with Crippen LogP contribution in [0.5, 0.6) is 0 Å². The SMILES string of the molecule is CCCCN(CCO)c1cnc(C(N)=S)cn1. The van der Waals surface area contributed by atoms with E-state index in [1.807, 2.05) is 4.90 Å². The van der Waals surface area contributed by atoms with Gasteiger partial charge in [-0.15, -0.1) is 0 Å². The fourth-order valence-electron chi connectivity index (χ4n) is 1.42. The summed E-state index contributed by atoms with van der Waals surface area (Å²) < 4.78 is 0. The van der Waals surface area contributed by atoms with Gasteiger partial charge in [-0.25, -0.2) is 9.97 Å². The summed E-state index contributed by atoms with van der Waals surface area (Å²) in [4.78, 5) is 10.6. The average molecular weight is 254 g/mol. The minimum atomic E-state index is 0.0996. The highest BCUT2D eigenvalue weighted by molar-refractivity contribution is 7.80. The molecule has 6 heteroatoms. The lowest BCUT2D eigenvalue weighted by Crippen LogP contribution is -2.29. The van der Waals surface area contributed by atoms with Gasteiger partial charge >= 0.3 is 0 Å². The maximum absolute atomic E-state index is 9.01. The van der Waals surface area contributed by atoms with E-state index in [1.165, 1.54) is 0 Å². The molecule has 1 aromatic rings. The number of anilines is 1. The van der Waals surface area contributed by atoms with Gasteiger partial charge in [-0.05, 0) is 6.42 Å². The van der Waals surface area contributed by atoms with Gasteiger partial charge in [0.15, 0.2) is 0 Å². The lowest BCUT2D eigenvalue weighted by Gasteiger charge is -2.22. The molecule has 94 valence electrons. The first-order valence-electron chi connectivity index (χ1n) is 5.66. The second-order valence-electron chi connectivity index (χ2n) is 3.69. The van der Waals surface area contributed by atoms with Crippen LogP contribution in [0.3, 0.4) is 0 Å². The van der Waals surface area contributed by atoms with E-state index in [9.17, 15) is 0 Å². The molecule has 17 heavy (non-hydrogen) atoms. The summed E-state index contributed by atoms with van der Waals surface area (Å²) in [6.07, 6.45) is 5.35. The second-order valence-corrected chi connectivity index (χ2v) is 4.13. The van der Waals surface area contributed by atoms with Gasteiger partial charge in [0.05, 0.1) is 19.0 Å². The van der Waals surface area contributed by atoms with Crippen LogP contribution in [0.25, 0.3) is 0 Å². The first kappa shape index (κ1) is 13.8. The summed E-state index contributed by atoms with van der Waals surface area (Å²) in [5, 5.41) is 9.01. The third-order valence-corrected chi connectivity index (χ3v) is 2.58. The van der Waals surface area contributed by atoms with E-state index in [2.05, 4.69) is 16.9 Å². The van der Waals surface area contributed by atoms with E-state index >= 15 is 0 Å². The Morgan fingerprint density at radius 1 is 1.41 bits per heavy atom. The number of hydrogen-bond donors (Lipinski definition) is 2. The molecule has 1 aromatic heterocycles. The molecule has 0 aromatic carbocycles. The Morgan fingerprint density at radius 2 is 2.18 bits per heavy atom. The van der Waals surface area contributed by atoms with Gasteiger partial charge in [-0.1, -0.05) is 25.6 Å². The number of aromatic nitrogens is 2. The van der Waals surface area contributed by atoms with Crippen molar-refractivity contribution in [2.45, 2.75) is 19.8 Å². The van der Waals surface area contributed by atoms with Crippen molar-refractivity contribution in [1.29, 1.82) is 0 Å². The maximum atomic E-state index is 9.01. The van der Waals surface area contributed by atoms with Crippen molar-refractivity contribution in [3.63, 3.8) is 0 Å². The Kier molecular flexibility index (Phi) is 5.79. The number of aliphatic hydroxyl groups excluding tert-OH is 1. The molecule has 0 amide bonds. The van der Waals surface area contributed by atoms with Crippen molar-refractivity contribution >= 4 is 23.0 Å². The number of unbranched alkanes of at least 4 members (excludes halogenated alkanes) is 1. The normalized spacial score (nSPS) is 10.2. The van der Waals surface area contributed by atoms with Crippen LogP contribution >= 0.6 is 12.2 Å². The summed E-state index contributed by atoms with van der Waals surface area (Å²) in [5.74, 6) is 0.743. The zero-order valence-corrected chi connectivity index (χ0v) is 10.8. The molecule has 0 spiro atoms. The van der Waals surface area contributed by atoms with Crippen molar-refractivity contribution in [2.75, 3.05) is 24.6 Å². The average Bonchev–Trinajstić information content (AvgIpc) is 2.34. The van der Waals surface area contributed by atoms with Crippen molar-refractivity contribution in [3.8, 4) is 0 Å². The molecule has 0 radical (unpaired) electrons. The van der Waals surface area contributed by atoms with Gasteiger partial charge < -0.3 is 15.7 Å².